The Morgan fingerprint density at radius 3 is 1.46 bits per heavy atom. The molecule has 5 aromatic carbocycles. The van der Waals surface area contributed by atoms with Crippen molar-refractivity contribution in [3.63, 3.8) is 0 Å². The van der Waals surface area contributed by atoms with Crippen molar-refractivity contribution < 1.29 is 9.53 Å². The monoisotopic (exact) mass is 543 g/mol. The first kappa shape index (κ1) is 26.8. The van der Waals surface area contributed by atoms with Gasteiger partial charge in [-0.25, -0.2) is 4.79 Å². The standard InChI is InChI=1S/C35H29O2P2/c1-37-35(36)34(27-39(31-21-10-4-11-22-31)32-23-12-5-13-24-32)33-25-15-14-16-28(33)26-38(29-17-6-2-7-18-29)30-19-8-3-9-20-30/h2-25H,26H2,1H3. The van der Waals surface area contributed by atoms with Gasteiger partial charge < -0.3 is 4.74 Å². The largest absolute Gasteiger partial charge is 0.465 e. The van der Waals surface area contributed by atoms with Crippen LogP contribution in [-0.2, 0) is 15.7 Å². The predicted molar refractivity (Wildman–Crippen MR) is 167 cm³/mol. The van der Waals surface area contributed by atoms with E-state index < -0.39 is 15.8 Å². The van der Waals surface area contributed by atoms with Crippen LogP contribution in [0.5, 0.6) is 0 Å². The first-order chi connectivity index (χ1) is 19.2. The molecule has 2 nitrogen and oxygen atoms in total. The second-order valence-electron chi connectivity index (χ2n) is 8.90. The summed E-state index contributed by atoms with van der Waals surface area (Å²) in [6.45, 7) is 0. The van der Waals surface area contributed by atoms with E-state index in [-0.39, 0.29) is 5.97 Å². The van der Waals surface area contributed by atoms with E-state index in [1.54, 1.807) is 0 Å². The first-order valence-electron chi connectivity index (χ1n) is 12.8. The maximum atomic E-state index is 13.4. The van der Waals surface area contributed by atoms with Gasteiger partial charge in [0.1, 0.15) is 0 Å². The Balaban J connectivity index is 1.63. The maximum absolute atomic E-state index is 13.4. The third-order valence-electron chi connectivity index (χ3n) is 6.39. The molecule has 0 aliphatic rings. The van der Waals surface area contributed by atoms with Crippen molar-refractivity contribution in [1.82, 2.24) is 0 Å². The third-order valence-corrected chi connectivity index (χ3v) is 11.0. The van der Waals surface area contributed by atoms with Crippen molar-refractivity contribution in [1.29, 1.82) is 0 Å². The number of rotatable bonds is 9. The minimum atomic E-state index is -1.05. The Morgan fingerprint density at radius 1 is 0.590 bits per heavy atom. The Bertz CT molecular complexity index is 1440. The molecule has 0 aliphatic carbocycles. The molecule has 5 aromatic rings. The lowest BCUT2D eigenvalue weighted by atomic mass is 10.0. The minimum absolute atomic E-state index is 0.370. The number of ether oxygens (including phenoxy) is 1. The van der Waals surface area contributed by atoms with Crippen LogP contribution in [0, 0.1) is 5.82 Å². The summed E-state index contributed by atoms with van der Waals surface area (Å²) < 4.78 is 5.35. The number of carbonyl (C=O) groups is 1. The second-order valence-corrected chi connectivity index (χ2v) is 13.0. The molecule has 4 heteroatoms. The molecule has 0 aromatic heterocycles. The zero-order valence-electron chi connectivity index (χ0n) is 21.8. The lowest BCUT2D eigenvalue weighted by Crippen LogP contribution is -2.15. The van der Waals surface area contributed by atoms with Crippen molar-refractivity contribution in [2.45, 2.75) is 6.16 Å². The van der Waals surface area contributed by atoms with Gasteiger partial charge in [0.05, 0.1) is 12.7 Å². The Kier molecular flexibility index (Phi) is 9.13. The predicted octanol–water partition coefficient (Wildman–Crippen LogP) is 6.77. The van der Waals surface area contributed by atoms with Gasteiger partial charge in [0, 0.05) is 12.0 Å². The highest BCUT2D eigenvalue weighted by atomic mass is 31.1. The van der Waals surface area contributed by atoms with Gasteiger partial charge >= 0.3 is 5.97 Å². The van der Waals surface area contributed by atoms with Crippen LogP contribution in [0.2, 0.25) is 0 Å². The van der Waals surface area contributed by atoms with E-state index >= 15 is 0 Å². The number of carbonyl (C=O) groups excluding carboxylic acids is 1. The smallest absolute Gasteiger partial charge is 0.339 e. The van der Waals surface area contributed by atoms with E-state index in [4.69, 9.17) is 4.74 Å². The van der Waals surface area contributed by atoms with Gasteiger partial charge in [-0.3, -0.25) is 0 Å². The highest BCUT2D eigenvalue weighted by molar-refractivity contribution is 7.74. The SMILES string of the molecule is COC(=O)C(=[C]P(c1ccccc1)c1ccccc1)c1ccccc1CP(c1ccccc1)c1ccccc1. The molecule has 0 saturated heterocycles. The summed E-state index contributed by atoms with van der Waals surface area (Å²) in [5, 5.41) is 4.87. The fraction of sp³-hybridized carbons (Fsp3) is 0.0571. The highest BCUT2D eigenvalue weighted by Crippen LogP contribution is 2.42. The molecular weight excluding hydrogens is 514 g/mol. The van der Waals surface area contributed by atoms with Gasteiger partial charge in [-0.2, -0.15) is 0 Å². The third kappa shape index (κ3) is 6.61. The van der Waals surface area contributed by atoms with Crippen LogP contribution >= 0.6 is 15.8 Å². The molecule has 0 amide bonds. The number of esters is 1. The molecule has 39 heavy (non-hydrogen) atoms. The quantitative estimate of drug-likeness (QED) is 0.117. The first-order valence-corrected chi connectivity index (χ1v) is 15.7. The maximum Gasteiger partial charge on any atom is 0.339 e. The van der Waals surface area contributed by atoms with Crippen LogP contribution in [0.25, 0.3) is 5.57 Å². The summed E-state index contributed by atoms with van der Waals surface area (Å²) in [7, 11) is -0.297. The molecular formula is C35H29O2P2. The molecule has 0 atom stereocenters. The molecule has 0 spiro atoms. The summed E-state index contributed by atoms with van der Waals surface area (Å²) in [6.07, 6.45) is 0.802. The van der Waals surface area contributed by atoms with Crippen LogP contribution in [0.15, 0.2) is 146 Å². The molecule has 0 bridgehead atoms. The van der Waals surface area contributed by atoms with Crippen molar-refractivity contribution in [3.05, 3.63) is 163 Å². The minimum Gasteiger partial charge on any atom is -0.465 e. The summed E-state index contributed by atoms with van der Waals surface area (Å²) in [6, 6.07) is 50.1. The highest BCUT2D eigenvalue weighted by Gasteiger charge is 2.23. The van der Waals surface area contributed by atoms with E-state index in [9.17, 15) is 4.79 Å². The van der Waals surface area contributed by atoms with Crippen molar-refractivity contribution >= 4 is 48.6 Å². The molecule has 0 fully saturated rings. The van der Waals surface area contributed by atoms with Gasteiger partial charge in [-0.1, -0.05) is 146 Å². The summed E-state index contributed by atoms with van der Waals surface area (Å²) in [5.74, 6) is 3.29. The fourth-order valence-electron chi connectivity index (χ4n) is 4.48. The molecule has 0 saturated carbocycles. The summed E-state index contributed by atoms with van der Waals surface area (Å²) in [5.41, 5.74) is 2.48. The average molecular weight is 544 g/mol. The van der Waals surface area contributed by atoms with Gasteiger partial charge in [0.25, 0.3) is 0 Å². The summed E-state index contributed by atoms with van der Waals surface area (Å²) >= 11 is 0. The Morgan fingerprint density at radius 2 is 1.00 bits per heavy atom. The molecule has 0 unspecified atom stereocenters. The number of benzene rings is 5. The van der Waals surface area contributed by atoms with Gasteiger partial charge in [0.15, 0.2) is 0 Å². The van der Waals surface area contributed by atoms with Crippen molar-refractivity contribution in [3.8, 4) is 0 Å². The van der Waals surface area contributed by atoms with Gasteiger partial charge in [-0.05, 0) is 48.2 Å². The van der Waals surface area contributed by atoms with Crippen LogP contribution in [-0.4, -0.2) is 13.1 Å². The topological polar surface area (TPSA) is 26.3 Å². The zero-order valence-corrected chi connectivity index (χ0v) is 23.6. The van der Waals surface area contributed by atoms with E-state index in [0.29, 0.717) is 5.57 Å². The van der Waals surface area contributed by atoms with E-state index in [0.717, 1.165) is 27.9 Å². The van der Waals surface area contributed by atoms with E-state index in [1.165, 1.54) is 17.7 Å². The number of hydrogen-bond acceptors (Lipinski definition) is 2. The Hall–Kier alpha value is -3.83. The normalized spacial score (nSPS) is 11.5. The Labute approximate surface area is 233 Å². The van der Waals surface area contributed by atoms with E-state index in [1.807, 2.05) is 48.5 Å². The average Bonchev–Trinajstić information content (AvgIpc) is 3.02. The molecule has 0 aliphatic heterocycles. The summed E-state index contributed by atoms with van der Waals surface area (Å²) in [4.78, 5) is 13.4. The van der Waals surface area contributed by atoms with Gasteiger partial charge in [0.2, 0.25) is 0 Å². The van der Waals surface area contributed by atoms with Crippen LogP contribution < -0.4 is 21.2 Å². The van der Waals surface area contributed by atoms with Crippen LogP contribution in [0.4, 0.5) is 0 Å². The number of hydrogen-bond donors (Lipinski definition) is 0. The second kappa shape index (κ2) is 13.3. The molecule has 0 heterocycles. The van der Waals surface area contributed by atoms with Crippen LogP contribution in [0.3, 0.4) is 0 Å². The fourth-order valence-corrected chi connectivity index (χ4v) is 8.76. The molecule has 1 radical (unpaired) electrons. The zero-order chi connectivity index (χ0) is 26.9. The van der Waals surface area contributed by atoms with Crippen molar-refractivity contribution in [2.75, 3.05) is 7.11 Å². The van der Waals surface area contributed by atoms with E-state index in [2.05, 4.69) is 103 Å². The number of methoxy groups -OCH3 is 1. The molecule has 5 rings (SSSR count). The molecule has 191 valence electrons. The lowest BCUT2D eigenvalue weighted by Gasteiger charge is -2.22. The van der Waals surface area contributed by atoms with Crippen molar-refractivity contribution in [2.24, 2.45) is 0 Å². The lowest BCUT2D eigenvalue weighted by molar-refractivity contribution is -0.133. The molecule has 0 N–H and O–H groups in total. The van der Waals surface area contributed by atoms with Gasteiger partial charge in [-0.15, -0.1) is 0 Å². The van der Waals surface area contributed by atoms with Crippen LogP contribution in [0.1, 0.15) is 11.1 Å².